The number of hydrogen-bond acceptors (Lipinski definition) is 2. The van der Waals surface area contributed by atoms with E-state index < -0.39 is 18.1 Å². The van der Waals surface area contributed by atoms with Gasteiger partial charge in [0.15, 0.2) is 0 Å². The molecule has 0 aromatic rings. The second-order valence-corrected chi connectivity index (χ2v) is 4.91. The molecule has 0 aromatic carbocycles. The minimum atomic E-state index is -4.19. The molecular formula is C11H20F3NO. The number of alkyl halides is 3. The van der Waals surface area contributed by atoms with E-state index in [1.807, 2.05) is 0 Å². The number of Topliss-reactive ketones (excluding diaryl/α,β-unsaturated/α-hetero) is 1. The van der Waals surface area contributed by atoms with Gasteiger partial charge in [-0.15, -0.1) is 0 Å². The van der Waals surface area contributed by atoms with Gasteiger partial charge in [-0.05, 0) is 6.54 Å². The van der Waals surface area contributed by atoms with Gasteiger partial charge in [0.1, 0.15) is 5.78 Å². The van der Waals surface area contributed by atoms with Crippen molar-refractivity contribution in [3.8, 4) is 0 Å². The van der Waals surface area contributed by atoms with Crippen LogP contribution in [0.2, 0.25) is 0 Å². The van der Waals surface area contributed by atoms with E-state index in [0.717, 1.165) is 0 Å². The molecule has 2 nitrogen and oxygen atoms in total. The lowest BCUT2D eigenvalue weighted by Gasteiger charge is -2.23. The standard InChI is InChI=1S/C11H20F3NO/c1-5-15(8-11(12,13)14)7-6-9(16)10(2,3)4/h5-8H2,1-4H3. The van der Waals surface area contributed by atoms with Crippen LogP contribution in [-0.2, 0) is 4.79 Å². The molecule has 0 unspecified atom stereocenters. The van der Waals surface area contributed by atoms with Crippen LogP contribution in [0.25, 0.3) is 0 Å². The van der Waals surface area contributed by atoms with E-state index >= 15 is 0 Å². The van der Waals surface area contributed by atoms with Crippen molar-refractivity contribution >= 4 is 5.78 Å². The summed E-state index contributed by atoms with van der Waals surface area (Å²) >= 11 is 0. The molecule has 0 aliphatic carbocycles. The van der Waals surface area contributed by atoms with Gasteiger partial charge in [-0.3, -0.25) is 9.69 Å². The highest BCUT2D eigenvalue weighted by Gasteiger charge is 2.30. The molecule has 0 saturated carbocycles. The Labute approximate surface area is 94.8 Å². The summed E-state index contributed by atoms with van der Waals surface area (Å²) in [6.07, 6.45) is -4.02. The summed E-state index contributed by atoms with van der Waals surface area (Å²) in [5.74, 6) is -0.00637. The number of hydrogen-bond donors (Lipinski definition) is 0. The average molecular weight is 239 g/mol. The summed E-state index contributed by atoms with van der Waals surface area (Å²) < 4.78 is 36.4. The van der Waals surface area contributed by atoms with Crippen molar-refractivity contribution in [1.82, 2.24) is 4.90 Å². The highest BCUT2D eigenvalue weighted by Crippen LogP contribution is 2.19. The van der Waals surface area contributed by atoms with Crippen LogP contribution < -0.4 is 0 Å². The SMILES string of the molecule is CCN(CCC(=O)C(C)(C)C)CC(F)(F)F. The fourth-order valence-corrected chi connectivity index (χ4v) is 1.24. The van der Waals surface area contributed by atoms with Crippen LogP contribution in [0.15, 0.2) is 0 Å². The van der Waals surface area contributed by atoms with Gasteiger partial charge in [-0.2, -0.15) is 13.2 Å². The molecule has 0 heterocycles. The zero-order chi connectivity index (χ0) is 13.0. The first-order valence-corrected chi connectivity index (χ1v) is 5.38. The third-order valence-electron chi connectivity index (χ3n) is 2.34. The van der Waals surface area contributed by atoms with Crippen LogP contribution in [0.5, 0.6) is 0 Å². The van der Waals surface area contributed by atoms with Crippen LogP contribution in [0.3, 0.4) is 0 Å². The van der Waals surface area contributed by atoms with Crippen LogP contribution >= 0.6 is 0 Å². The first-order chi connectivity index (χ1) is 7.06. The average Bonchev–Trinajstić information content (AvgIpc) is 2.08. The van der Waals surface area contributed by atoms with Crippen molar-refractivity contribution in [2.24, 2.45) is 5.41 Å². The maximum atomic E-state index is 12.1. The molecular weight excluding hydrogens is 219 g/mol. The first kappa shape index (κ1) is 15.4. The van der Waals surface area contributed by atoms with E-state index in [-0.39, 0.29) is 18.7 Å². The van der Waals surface area contributed by atoms with Gasteiger partial charge in [0.25, 0.3) is 0 Å². The van der Waals surface area contributed by atoms with Crippen molar-refractivity contribution in [3.05, 3.63) is 0 Å². The van der Waals surface area contributed by atoms with Crippen LogP contribution in [0, 0.1) is 5.41 Å². The second kappa shape index (κ2) is 5.66. The summed E-state index contributed by atoms with van der Waals surface area (Å²) in [6, 6.07) is 0. The summed E-state index contributed by atoms with van der Waals surface area (Å²) in [5.41, 5.74) is -0.475. The molecule has 0 atom stereocenters. The predicted molar refractivity (Wildman–Crippen MR) is 57.2 cm³/mol. The Hall–Kier alpha value is -0.580. The Kier molecular flexibility index (Phi) is 5.46. The zero-order valence-electron chi connectivity index (χ0n) is 10.3. The molecule has 0 N–H and O–H groups in total. The van der Waals surface area contributed by atoms with Crippen molar-refractivity contribution in [2.45, 2.75) is 40.3 Å². The lowest BCUT2D eigenvalue weighted by atomic mass is 9.89. The topological polar surface area (TPSA) is 20.3 Å². The molecule has 0 bridgehead atoms. The summed E-state index contributed by atoms with van der Waals surface area (Å²) in [7, 11) is 0. The Morgan fingerprint density at radius 2 is 1.69 bits per heavy atom. The molecule has 0 aliphatic rings. The van der Waals surface area contributed by atoms with Crippen molar-refractivity contribution in [1.29, 1.82) is 0 Å². The monoisotopic (exact) mass is 239 g/mol. The normalized spacial score (nSPS) is 13.2. The number of carbonyl (C=O) groups is 1. The van der Waals surface area contributed by atoms with Gasteiger partial charge in [0.05, 0.1) is 6.54 Å². The second-order valence-electron chi connectivity index (χ2n) is 4.91. The van der Waals surface area contributed by atoms with Gasteiger partial charge < -0.3 is 0 Å². The summed E-state index contributed by atoms with van der Waals surface area (Å²) in [5, 5.41) is 0. The van der Waals surface area contributed by atoms with Crippen LogP contribution in [-0.4, -0.2) is 36.5 Å². The lowest BCUT2D eigenvalue weighted by molar-refractivity contribution is -0.147. The Morgan fingerprint density at radius 3 is 2.00 bits per heavy atom. The smallest absolute Gasteiger partial charge is 0.299 e. The van der Waals surface area contributed by atoms with Gasteiger partial charge >= 0.3 is 6.18 Å². The zero-order valence-corrected chi connectivity index (χ0v) is 10.3. The van der Waals surface area contributed by atoms with Crippen molar-refractivity contribution in [3.63, 3.8) is 0 Å². The molecule has 0 rings (SSSR count). The van der Waals surface area contributed by atoms with Crippen molar-refractivity contribution in [2.75, 3.05) is 19.6 Å². The van der Waals surface area contributed by atoms with Gasteiger partial charge in [0, 0.05) is 18.4 Å². The van der Waals surface area contributed by atoms with Crippen LogP contribution in [0.1, 0.15) is 34.1 Å². The van der Waals surface area contributed by atoms with Gasteiger partial charge in [-0.25, -0.2) is 0 Å². The van der Waals surface area contributed by atoms with E-state index in [0.29, 0.717) is 6.54 Å². The quantitative estimate of drug-likeness (QED) is 0.735. The maximum absolute atomic E-state index is 12.1. The predicted octanol–water partition coefficient (Wildman–Crippen LogP) is 2.88. The third-order valence-corrected chi connectivity index (χ3v) is 2.34. The largest absolute Gasteiger partial charge is 0.401 e. The molecule has 96 valence electrons. The highest BCUT2D eigenvalue weighted by molar-refractivity contribution is 5.83. The van der Waals surface area contributed by atoms with E-state index in [4.69, 9.17) is 0 Å². The van der Waals surface area contributed by atoms with E-state index in [1.165, 1.54) is 4.90 Å². The molecule has 0 aromatic heterocycles. The van der Waals surface area contributed by atoms with Gasteiger partial charge in [0.2, 0.25) is 0 Å². The minimum Gasteiger partial charge on any atom is -0.299 e. The van der Waals surface area contributed by atoms with E-state index in [9.17, 15) is 18.0 Å². The maximum Gasteiger partial charge on any atom is 0.401 e. The van der Waals surface area contributed by atoms with Gasteiger partial charge in [-0.1, -0.05) is 27.7 Å². The number of halogens is 3. The fraction of sp³-hybridized carbons (Fsp3) is 0.909. The summed E-state index contributed by atoms with van der Waals surface area (Å²) in [6.45, 7) is 6.51. The van der Waals surface area contributed by atoms with Crippen LogP contribution in [0.4, 0.5) is 13.2 Å². The molecule has 0 radical (unpaired) electrons. The Balaban J connectivity index is 4.12. The number of ketones is 1. The Bertz CT molecular complexity index is 230. The molecule has 0 fully saturated rings. The van der Waals surface area contributed by atoms with E-state index in [1.54, 1.807) is 27.7 Å². The molecule has 0 aliphatic heterocycles. The molecule has 0 saturated heterocycles. The molecule has 16 heavy (non-hydrogen) atoms. The number of carbonyl (C=O) groups excluding carboxylic acids is 1. The van der Waals surface area contributed by atoms with E-state index in [2.05, 4.69) is 0 Å². The fourth-order valence-electron chi connectivity index (χ4n) is 1.24. The Morgan fingerprint density at radius 1 is 1.19 bits per heavy atom. The number of rotatable bonds is 5. The van der Waals surface area contributed by atoms with Crippen molar-refractivity contribution < 1.29 is 18.0 Å². The third kappa shape index (κ3) is 6.82. The molecule has 5 heteroatoms. The number of nitrogens with zero attached hydrogens (tertiary/aromatic N) is 1. The highest BCUT2D eigenvalue weighted by atomic mass is 19.4. The molecule has 0 spiro atoms. The lowest BCUT2D eigenvalue weighted by Crippen LogP contribution is -2.36. The minimum absolute atomic E-state index is 0.00637. The first-order valence-electron chi connectivity index (χ1n) is 5.38. The summed E-state index contributed by atoms with van der Waals surface area (Å²) in [4.78, 5) is 12.8. The molecule has 0 amide bonds.